The van der Waals surface area contributed by atoms with Crippen LogP contribution in [0.1, 0.15) is 5.56 Å². The Labute approximate surface area is 91.2 Å². The van der Waals surface area contributed by atoms with Crippen LogP contribution in [0, 0.1) is 5.82 Å². The highest BCUT2D eigenvalue weighted by atomic mass is 79.9. The minimum absolute atomic E-state index is 0.267. The van der Waals surface area contributed by atoms with Gasteiger partial charge < -0.3 is 9.47 Å². The molecule has 0 heterocycles. The Balaban J connectivity index is 3.21. The van der Waals surface area contributed by atoms with Gasteiger partial charge >= 0.3 is 0 Å². The van der Waals surface area contributed by atoms with Crippen LogP contribution in [0.25, 0.3) is 0 Å². The van der Waals surface area contributed by atoms with E-state index >= 15 is 0 Å². The van der Waals surface area contributed by atoms with E-state index in [1.54, 1.807) is 13.2 Å². The zero-order chi connectivity index (χ0) is 10.6. The van der Waals surface area contributed by atoms with E-state index in [4.69, 9.17) is 9.47 Å². The standard InChI is InChI=1S/C10H12BrFO2/c1-13-9-4-3-8(12)10(14-2)7(9)5-6-11/h3-4H,5-6H2,1-2H3. The molecule has 0 bridgehead atoms. The third kappa shape index (κ3) is 2.18. The molecule has 14 heavy (non-hydrogen) atoms. The lowest BCUT2D eigenvalue weighted by atomic mass is 10.1. The summed E-state index contributed by atoms with van der Waals surface area (Å²) < 4.78 is 23.4. The minimum atomic E-state index is -0.357. The molecular weight excluding hydrogens is 251 g/mol. The molecule has 2 nitrogen and oxygen atoms in total. The fourth-order valence-corrected chi connectivity index (χ4v) is 1.72. The average molecular weight is 263 g/mol. The van der Waals surface area contributed by atoms with Crippen molar-refractivity contribution in [3.63, 3.8) is 0 Å². The van der Waals surface area contributed by atoms with Crippen molar-refractivity contribution in [2.24, 2.45) is 0 Å². The molecule has 78 valence electrons. The Morgan fingerprint density at radius 3 is 2.50 bits per heavy atom. The van der Waals surface area contributed by atoms with Crippen molar-refractivity contribution in [2.75, 3.05) is 19.5 Å². The molecule has 0 unspecified atom stereocenters. The van der Waals surface area contributed by atoms with Crippen molar-refractivity contribution in [2.45, 2.75) is 6.42 Å². The van der Waals surface area contributed by atoms with Crippen LogP contribution in [0.5, 0.6) is 11.5 Å². The van der Waals surface area contributed by atoms with Crippen molar-refractivity contribution in [1.29, 1.82) is 0 Å². The number of methoxy groups -OCH3 is 2. The number of hydrogen-bond acceptors (Lipinski definition) is 2. The molecule has 0 radical (unpaired) electrons. The number of hydrogen-bond donors (Lipinski definition) is 0. The van der Waals surface area contributed by atoms with Crippen LogP contribution in [-0.2, 0) is 6.42 Å². The molecule has 0 aliphatic rings. The van der Waals surface area contributed by atoms with Gasteiger partial charge in [-0.1, -0.05) is 15.9 Å². The Hall–Kier alpha value is -0.770. The summed E-state index contributed by atoms with van der Waals surface area (Å²) >= 11 is 3.30. The van der Waals surface area contributed by atoms with Crippen LogP contribution >= 0.6 is 15.9 Å². The minimum Gasteiger partial charge on any atom is -0.496 e. The van der Waals surface area contributed by atoms with Gasteiger partial charge in [0.2, 0.25) is 0 Å². The lowest BCUT2D eigenvalue weighted by Gasteiger charge is -2.12. The molecule has 0 N–H and O–H groups in total. The zero-order valence-corrected chi connectivity index (χ0v) is 9.73. The first-order valence-electron chi connectivity index (χ1n) is 4.20. The monoisotopic (exact) mass is 262 g/mol. The fourth-order valence-electron chi connectivity index (χ4n) is 1.32. The van der Waals surface area contributed by atoms with Crippen LogP contribution in [0.4, 0.5) is 4.39 Å². The molecule has 1 aromatic rings. The molecule has 0 spiro atoms. The van der Waals surface area contributed by atoms with Crippen LogP contribution in [0.3, 0.4) is 0 Å². The second-order valence-corrected chi connectivity index (χ2v) is 3.49. The lowest BCUT2D eigenvalue weighted by molar-refractivity contribution is 0.366. The second kappa shape index (κ2) is 5.20. The Bertz CT molecular complexity index is 315. The largest absolute Gasteiger partial charge is 0.496 e. The Kier molecular flexibility index (Phi) is 4.20. The summed E-state index contributed by atoms with van der Waals surface area (Å²) in [5.41, 5.74) is 0.756. The molecule has 0 saturated carbocycles. The maximum absolute atomic E-state index is 13.3. The molecule has 0 amide bonds. The number of benzene rings is 1. The molecule has 0 aromatic heterocycles. The molecule has 1 aromatic carbocycles. The van der Waals surface area contributed by atoms with Gasteiger partial charge in [0.05, 0.1) is 14.2 Å². The predicted octanol–water partition coefficient (Wildman–Crippen LogP) is 2.78. The first-order valence-corrected chi connectivity index (χ1v) is 5.32. The van der Waals surface area contributed by atoms with Gasteiger partial charge in [-0.05, 0) is 18.6 Å². The summed E-state index contributed by atoms with van der Waals surface area (Å²) in [6, 6.07) is 2.95. The zero-order valence-electron chi connectivity index (χ0n) is 8.14. The SMILES string of the molecule is COc1ccc(F)c(OC)c1CCBr. The number of rotatable bonds is 4. The van der Waals surface area contributed by atoms with E-state index in [0.717, 1.165) is 10.9 Å². The normalized spacial score (nSPS) is 10.0. The summed E-state index contributed by atoms with van der Waals surface area (Å²) in [4.78, 5) is 0. The first kappa shape index (κ1) is 11.3. The highest BCUT2D eigenvalue weighted by Crippen LogP contribution is 2.31. The Morgan fingerprint density at radius 1 is 1.29 bits per heavy atom. The summed E-state index contributed by atoms with van der Waals surface area (Å²) in [6.45, 7) is 0. The van der Waals surface area contributed by atoms with E-state index in [1.165, 1.54) is 13.2 Å². The predicted molar refractivity (Wildman–Crippen MR) is 57.0 cm³/mol. The molecule has 0 saturated heterocycles. The molecule has 0 aliphatic carbocycles. The molecule has 0 fully saturated rings. The van der Waals surface area contributed by atoms with Crippen molar-refractivity contribution >= 4 is 15.9 Å². The van der Waals surface area contributed by atoms with Gasteiger partial charge in [-0.3, -0.25) is 0 Å². The van der Waals surface area contributed by atoms with E-state index in [-0.39, 0.29) is 11.6 Å². The number of halogens is 2. The van der Waals surface area contributed by atoms with Crippen molar-refractivity contribution < 1.29 is 13.9 Å². The maximum Gasteiger partial charge on any atom is 0.165 e. The van der Waals surface area contributed by atoms with Crippen LogP contribution < -0.4 is 9.47 Å². The number of ether oxygens (including phenoxy) is 2. The quantitative estimate of drug-likeness (QED) is 0.777. The van der Waals surface area contributed by atoms with Gasteiger partial charge in [0, 0.05) is 10.9 Å². The van der Waals surface area contributed by atoms with Gasteiger partial charge in [0.25, 0.3) is 0 Å². The van der Waals surface area contributed by atoms with Gasteiger partial charge in [-0.2, -0.15) is 0 Å². The van der Waals surface area contributed by atoms with Gasteiger partial charge in [-0.25, -0.2) is 4.39 Å². The smallest absolute Gasteiger partial charge is 0.165 e. The van der Waals surface area contributed by atoms with E-state index in [1.807, 2.05) is 0 Å². The summed E-state index contributed by atoms with van der Waals surface area (Å²) in [7, 11) is 3.01. The second-order valence-electron chi connectivity index (χ2n) is 2.70. The van der Waals surface area contributed by atoms with Crippen molar-refractivity contribution in [3.8, 4) is 11.5 Å². The highest BCUT2D eigenvalue weighted by molar-refractivity contribution is 9.09. The molecule has 0 aliphatic heterocycles. The topological polar surface area (TPSA) is 18.5 Å². The molecule has 1 rings (SSSR count). The fraction of sp³-hybridized carbons (Fsp3) is 0.400. The van der Waals surface area contributed by atoms with Crippen molar-refractivity contribution in [1.82, 2.24) is 0 Å². The number of alkyl halides is 1. The summed E-state index contributed by atoms with van der Waals surface area (Å²) in [6.07, 6.45) is 0.671. The van der Waals surface area contributed by atoms with E-state index < -0.39 is 0 Å². The van der Waals surface area contributed by atoms with Crippen molar-refractivity contribution in [3.05, 3.63) is 23.5 Å². The summed E-state index contributed by atoms with van der Waals surface area (Å²) in [5, 5.41) is 0.739. The van der Waals surface area contributed by atoms with Crippen LogP contribution in [0.2, 0.25) is 0 Å². The third-order valence-corrected chi connectivity index (χ3v) is 2.33. The molecule has 0 atom stereocenters. The highest BCUT2D eigenvalue weighted by Gasteiger charge is 2.13. The van der Waals surface area contributed by atoms with E-state index in [2.05, 4.69) is 15.9 Å². The van der Waals surface area contributed by atoms with E-state index in [0.29, 0.717) is 12.2 Å². The van der Waals surface area contributed by atoms with Crippen LogP contribution in [0.15, 0.2) is 12.1 Å². The Morgan fingerprint density at radius 2 is 2.00 bits per heavy atom. The van der Waals surface area contributed by atoms with Gasteiger partial charge in [0.1, 0.15) is 5.75 Å². The third-order valence-electron chi connectivity index (χ3n) is 1.94. The van der Waals surface area contributed by atoms with E-state index in [9.17, 15) is 4.39 Å². The van der Waals surface area contributed by atoms with Gasteiger partial charge in [-0.15, -0.1) is 0 Å². The average Bonchev–Trinajstić information content (AvgIpc) is 2.19. The lowest BCUT2D eigenvalue weighted by Crippen LogP contribution is -2.00. The molecular formula is C10H12BrFO2. The maximum atomic E-state index is 13.3. The van der Waals surface area contributed by atoms with Gasteiger partial charge in [0.15, 0.2) is 11.6 Å². The molecule has 4 heteroatoms. The first-order chi connectivity index (χ1) is 6.74. The van der Waals surface area contributed by atoms with Crippen LogP contribution in [-0.4, -0.2) is 19.5 Å². The summed E-state index contributed by atoms with van der Waals surface area (Å²) in [5.74, 6) is 0.566.